The van der Waals surface area contributed by atoms with Crippen LogP contribution in [0, 0.1) is 42.4 Å². The van der Waals surface area contributed by atoms with E-state index in [1.165, 1.54) is 5.92 Å². The summed E-state index contributed by atoms with van der Waals surface area (Å²) in [5, 5.41) is 0. The van der Waals surface area contributed by atoms with Crippen molar-refractivity contribution in [3.8, 4) is 0 Å². The van der Waals surface area contributed by atoms with Crippen molar-refractivity contribution in [2.45, 2.75) is 48.5 Å². The van der Waals surface area contributed by atoms with E-state index in [1.807, 2.05) is 0 Å². The first-order valence-electron chi connectivity index (χ1n) is 5.88. The molecule has 1 rings (SSSR count). The van der Waals surface area contributed by atoms with Crippen molar-refractivity contribution in [2.75, 3.05) is 0 Å². The van der Waals surface area contributed by atoms with Gasteiger partial charge in [0, 0.05) is 32.7 Å². The largest absolute Gasteiger partial charge is 0.340 e. The van der Waals surface area contributed by atoms with E-state index >= 15 is 0 Å². The van der Waals surface area contributed by atoms with Gasteiger partial charge in [0.25, 0.3) is 0 Å². The van der Waals surface area contributed by atoms with Crippen LogP contribution in [0.5, 0.6) is 0 Å². The quantitative estimate of drug-likeness (QED) is 0.570. The molecule has 0 heterocycles. The predicted octanol–water partition coefficient (Wildman–Crippen LogP) is 4.61. The van der Waals surface area contributed by atoms with Gasteiger partial charge in [0.15, 0.2) is 0 Å². The molecule has 0 aromatic rings. The second-order valence-electron chi connectivity index (χ2n) is 5.60. The molecular formula is C14H28Y-2. The van der Waals surface area contributed by atoms with E-state index < -0.39 is 0 Å². The summed E-state index contributed by atoms with van der Waals surface area (Å²) >= 11 is 0. The molecule has 1 heteroatoms. The van der Waals surface area contributed by atoms with Crippen LogP contribution in [0.4, 0.5) is 0 Å². The normalized spacial score (nSPS) is 39.4. The molecule has 0 saturated heterocycles. The molecule has 0 bridgehead atoms. The van der Waals surface area contributed by atoms with Crippen molar-refractivity contribution in [2.24, 2.45) is 29.6 Å². The Morgan fingerprint density at radius 2 is 0.933 bits per heavy atom. The maximum Gasteiger partial charge on any atom is 0 e. The van der Waals surface area contributed by atoms with Gasteiger partial charge in [-0.15, -0.1) is 0 Å². The van der Waals surface area contributed by atoms with E-state index in [0.717, 1.165) is 23.7 Å². The Kier molecular flexibility index (Phi) is 10.1. The van der Waals surface area contributed by atoms with E-state index in [2.05, 4.69) is 55.4 Å². The first-order chi connectivity index (χ1) is 6.29. The Morgan fingerprint density at radius 1 is 0.733 bits per heavy atom. The molecule has 0 aromatic carbocycles. The van der Waals surface area contributed by atoms with Crippen LogP contribution < -0.4 is 0 Å². The van der Waals surface area contributed by atoms with Crippen LogP contribution in [0.3, 0.4) is 0 Å². The summed E-state index contributed by atoms with van der Waals surface area (Å²) < 4.78 is 0. The zero-order valence-corrected chi connectivity index (χ0v) is 14.5. The summed E-state index contributed by atoms with van der Waals surface area (Å²) in [4.78, 5) is 0. The second kappa shape index (κ2) is 8.23. The molecule has 1 fully saturated rings. The summed E-state index contributed by atoms with van der Waals surface area (Å²) in [7, 11) is 0. The first kappa shape index (κ1) is 18.5. The summed E-state index contributed by atoms with van der Waals surface area (Å²) in [6.45, 7) is 19.8. The molecule has 0 N–H and O–H groups in total. The minimum Gasteiger partial charge on any atom is -0.340 e. The fourth-order valence-electron chi connectivity index (χ4n) is 2.22. The van der Waals surface area contributed by atoms with E-state index in [4.69, 9.17) is 0 Å². The van der Waals surface area contributed by atoms with Gasteiger partial charge in [-0.2, -0.15) is 26.7 Å². The smallest absolute Gasteiger partial charge is 0 e. The minimum atomic E-state index is 0. The molecular weight excluding hydrogens is 257 g/mol. The van der Waals surface area contributed by atoms with E-state index in [9.17, 15) is 0 Å². The van der Waals surface area contributed by atoms with Gasteiger partial charge in [0.2, 0.25) is 0 Å². The van der Waals surface area contributed by atoms with Crippen molar-refractivity contribution >= 4 is 0 Å². The molecule has 0 spiro atoms. The molecule has 1 radical (unpaired) electrons. The summed E-state index contributed by atoms with van der Waals surface area (Å²) in [5.74, 6) is 5.50. The molecule has 0 aliphatic heterocycles. The number of hydrogen-bond acceptors (Lipinski definition) is 0. The predicted molar refractivity (Wildman–Crippen MR) is 65.8 cm³/mol. The molecule has 0 amide bonds. The zero-order chi connectivity index (χ0) is 11.5. The Morgan fingerprint density at radius 3 is 1.00 bits per heavy atom. The van der Waals surface area contributed by atoms with Crippen molar-refractivity contribution in [3.05, 3.63) is 12.8 Å². The fraction of sp³-hybridized carbons (Fsp3) is 0.857. The molecule has 1 saturated carbocycles. The molecule has 0 nitrogen and oxygen atoms in total. The van der Waals surface area contributed by atoms with Gasteiger partial charge < -0.3 is 12.8 Å². The van der Waals surface area contributed by atoms with Gasteiger partial charge in [-0.1, -0.05) is 39.5 Å². The van der Waals surface area contributed by atoms with Crippen molar-refractivity contribution in [3.63, 3.8) is 0 Å². The summed E-state index contributed by atoms with van der Waals surface area (Å²) in [6.07, 6.45) is 0. The topological polar surface area (TPSA) is 0 Å². The monoisotopic (exact) mass is 285 g/mol. The maximum absolute atomic E-state index is 4.20. The fourth-order valence-corrected chi connectivity index (χ4v) is 2.22. The number of rotatable bonds is 0. The molecule has 0 aromatic heterocycles. The van der Waals surface area contributed by atoms with Gasteiger partial charge >= 0.3 is 0 Å². The van der Waals surface area contributed by atoms with E-state index in [1.54, 1.807) is 0 Å². The van der Waals surface area contributed by atoms with Crippen LogP contribution in [0.25, 0.3) is 0 Å². The average Bonchev–Trinajstić information content (AvgIpc) is 2.23. The second-order valence-corrected chi connectivity index (χ2v) is 5.60. The number of hydrogen-bond donors (Lipinski definition) is 0. The van der Waals surface area contributed by atoms with Crippen molar-refractivity contribution in [1.29, 1.82) is 0 Å². The Hall–Kier alpha value is 1.10. The molecule has 1 aliphatic rings. The standard InChI is InChI=1S/C10H19.C4H9.Y/c1-6-7(2)9(4)10(5)8(6)3;1-4(2)3;/h6-10H,1H2,2-5H3;1-3H3;/q2*-1;. The van der Waals surface area contributed by atoms with Crippen LogP contribution in [0.2, 0.25) is 0 Å². The van der Waals surface area contributed by atoms with Gasteiger partial charge in [0.1, 0.15) is 0 Å². The zero-order valence-electron chi connectivity index (χ0n) is 11.7. The van der Waals surface area contributed by atoms with E-state index in [-0.39, 0.29) is 32.7 Å². The van der Waals surface area contributed by atoms with Crippen LogP contribution in [0.15, 0.2) is 0 Å². The first-order valence-corrected chi connectivity index (χ1v) is 5.88. The molecule has 1 aliphatic carbocycles. The molecule has 4 atom stereocenters. The molecule has 4 unspecified atom stereocenters. The van der Waals surface area contributed by atoms with Crippen molar-refractivity contribution < 1.29 is 32.7 Å². The van der Waals surface area contributed by atoms with Crippen LogP contribution in [-0.4, -0.2) is 0 Å². The minimum absolute atomic E-state index is 0. The Labute approximate surface area is 123 Å². The van der Waals surface area contributed by atoms with Gasteiger partial charge in [-0.05, 0) is 11.8 Å². The third-order valence-electron chi connectivity index (χ3n) is 3.84. The third kappa shape index (κ3) is 5.82. The maximum atomic E-state index is 4.20. The average molecular weight is 285 g/mol. The van der Waals surface area contributed by atoms with Crippen molar-refractivity contribution in [1.82, 2.24) is 0 Å². The van der Waals surface area contributed by atoms with Crippen LogP contribution in [-0.2, 0) is 32.7 Å². The van der Waals surface area contributed by atoms with Gasteiger partial charge in [-0.25, -0.2) is 0 Å². The molecule has 89 valence electrons. The Balaban J connectivity index is 0. The van der Waals surface area contributed by atoms with Gasteiger partial charge in [-0.3, -0.25) is 0 Å². The Bertz CT molecular complexity index is 106. The third-order valence-corrected chi connectivity index (χ3v) is 3.84. The molecule has 15 heavy (non-hydrogen) atoms. The summed E-state index contributed by atoms with van der Waals surface area (Å²) in [6, 6.07) is 0. The van der Waals surface area contributed by atoms with Crippen LogP contribution in [0.1, 0.15) is 48.5 Å². The van der Waals surface area contributed by atoms with Crippen LogP contribution >= 0.6 is 0 Å². The summed E-state index contributed by atoms with van der Waals surface area (Å²) in [5.41, 5.74) is 0. The van der Waals surface area contributed by atoms with E-state index in [0.29, 0.717) is 5.92 Å². The van der Waals surface area contributed by atoms with Gasteiger partial charge in [0.05, 0.1) is 0 Å². The SMILES string of the molecule is C[C-](C)C.[CH2-]C1C(C)C(C)C(C)C1C.[Y].